The summed E-state index contributed by atoms with van der Waals surface area (Å²) in [7, 11) is 2.24. The third-order valence-electron chi connectivity index (χ3n) is 5.08. The molecule has 1 aliphatic rings. The van der Waals surface area contributed by atoms with Crippen molar-refractivity contribution >= 4 is 0 Å². The lowest BCUT2D eigenvalue weighted by Crippen LogP contribution is -2.50. The zero-order valence-electron chi connectivity index (χ0n) is 13.8. The van der Waals surface area contributed by atoms with Crippen molar-refractivity contribution in [3.05, 3.63) is 0 Å². The van der Waals surface area contributed by atoms with Crippen LogP contribution in [0.4, 0.5) is 0 Å². The highest BCUT2D eigenvalue weighted by Crippen LogP contribution is 2.35. The predicted octanol–water partition coefficient (Wildman–Crippen LogP) is 2.64. The van der Waals surface area contributed by atoms with Gasteiger partial charge in [-0.1, -0.05) is 27.7 Å². The van der Waals surface area contributed by atoms with Crippen molar-refractivity contribution < 1.29 is 5.11 Å². The third kappa shape index (κ3) is 4.17. The van der Waals surface area contributed by atoms with Crippen molar-refractivity contribution in [2.75, 3.05) is 20.2 Å². The van der Waals surface area contributed by atoms with Crippen LogP contribution in [0.25, 0.3) is 0 Å². The van der Waals surface area contributed by atoms with E-state index in [0.717, 1.165) is 25.8 Å². The average molecular weight is 270 g/mol. The van der Waals surface area contributed by atoms with Crippen LogP contribution in [-0.4, -0.2) is 47.8 Å². The molecule has 2 N–H and O–H groups in total. The number of nitrogens with one attached hydrogen (secondary N) is 1. The summed E-state index contributed by atoms with van der Waals surface area (Å²) in [5, 5.41) is 13.3. The highest BCUT2D eigenvalue weighted by Gasteiger charge is 2.41. The second-order valence-corrected chi connectivity index (χ2v) is 7.47. The fourth-order valence-electron chi connectivity index (χ4n) is 3.12. The number of aliphatic hydroxyl groups is 1. The predicted molar refractivity (Wildman–Crippen MR) is 82.4 cm³/mol. The van der Waals surface area contributed by atoms with E-state index >= 15 is 0 Å². The van der Waals surface area contributed by atoms with Gasteiger partial charge in [0.05, 0.1) is 6.61 Å². The fourth-order valence-corrected chi connectivity index (χ4v) is 3.12. The van der Waals surface area contributed by atoms with Crippen molar-refractivity contribution in [3.63, 3.8) is 0 Å². The molecule has 0 bridgehead atoms. The zero-order chi connectivity index (χ0) is 14.7. The van der Waals surface area contributed by atoms with Gasteiger partial charge < -0.3 is 15.3 Å². The number of aliphatic hydroxyl groups excluding tert-OH is 1. The molecule has 1 fully saturated rings. The minimum absolute atomic E-state index is 0.0352. The Balaban J connectivity index is 2.63. The Morgan fingerprint density at radius 1 is 1.42 bits per heavy atom. The van der Waals surface area contributed by atoms with Gasteiger partial charge in [-0.05, 0) is 51.6 Å². The topological polar surface area (TPSA) is 35.5 Å². The zero-order valence-corrected chi connectivity index (χ0v) is 13.8. The van der Waals surface area contributed by atoms with Crippen LogP contribution in [0.1, 0.15) is 60.3 Å². The molecular weight excluding hydrogens is 236 g/mol. The van der Waals surface area contributed by atoms with Crippen LogP contribution in [-0.2, 0) is 0 Å². The van der Waals surface area contributed by atoms with Crippen LogP contribution in [0.3, 0.4) is 0 Å². The Morgan fingerprint density at radius 2 is 2.05 bits per heavy atom. The molecule has 0 aliphatic heterocycles. The molecule has 1 rings (SSSR count). The van der Waals surface area contributed by atoms with Gasteiger partial charge in [-0.15, -0.1) is 0 Å². The van der Waals surface area contributed by atoms with E-state index in [9.17, 15) is 5.11 Å². The van der Waals surface area contributed by atoms with E-state index < -0.39 is 0 Å². The Kier molecular flexibility index (Phi) is 5.84. The van der Waals surface area contributed by atoms with Gasteiger partial charge in [0.15, 0.2) is 0 Å². The minimum atomic E-state index is -0.0352. The van der Waals surface area contributed by atoms with E-state index in [1.54, 1.807) is 0 Å². The maximum atomic E-state index is 9.76. The maximum absolute atomic E-state index is 9.76. The van der Waals surface area contributed by atoms with Gasteiger partial charge in [0.2, 0.25) is 0 Å². The van der Waals surface area contributed by atoms with Crippen LogP contribution >= 0.6 is 0 Å². The van der Waals surface area contributed by atoms with E-state index in [2.05, 4.69) is 51.9 Å². The summed E-state index contributed by atoms with van der Waals surface area (Å²) in [6.45, 7) is 12.7. The number of nitrogens with zero attached hydrogens (tertiary/aromatic N) is 1. The van der Waals surface area contributed by atoms with Crippen molar-refractivity contribution in [2.45, 2.75) is 77.9 Å². The smallest absolute Gasteiger partial charge is 0.0613 e. The van der Waals surface area contributed by atoms with Crippen molar-refractivity contribution in [3.8, 4) is 0 Å². The van der Waals surface area contributed by atoms with Gasteiger partial charge in [0.25, 0.3) is 0 Å². The fraction of sp³-hybridized carbons (Fsp3) is 1.00. The molecule has 0 spiro atoms. The van der Waals surface area contributed by atoms with Crippen LogP contribution < -0.4 is 5.32 Å². The van der Waals surface area contributed by atoms with Crippen molar-refractivity contribution in [1.29, 1.82) is 0 Å². The summed E-state index contributed by atoms with van der Waals surface area (Å²) < 4.78 is 0. The molecule has 3 nitrogen and oxygen atoms in total. The Labute approximate surface area is 119 Å². The summed E-state index contributed by atoms with van der Waals surface area (Å²) >= 11 is 0. The molecule has 0 radical (unpaired) electrons. The monoisotopic (exact) mass is 270 g/mol. The SMILES string of the molecule is CCCNC1(CO)CCC(N(C)C(C)C(C)(C)C)C1. The van der Waals surface area contributed by atoms with Crippen LogP contribution in [0.15, 0.2) is 0 Å². The average Bonchev–Trinajstić information content (AvgIpc) is 2.78. The molecular formula is C16H34N2O. The van der Waals surface area contributed by atoms with E-state index in [1.807, 2.05) is 0 Å². The first-order valence-corrected chi connectivity index (χ1v) is 7.83. The van der Waals surface area contributed by atoms with E-state index in [-0.39, 0.29) is 12.1 Å². The summed E-state index contributed by atoms with van der Waals surface area (Å²) in [5.74, 6) is 0. The van der Waals surface area contributed by atoms with E-state index in [0.29, 0.717) is 17.5 Å². The molecule has 3 heteroatoms. The molecule has 0 aromatic rings. The van der Waals surface area contributed by atoms with Gasteiger partial charge in [-0.25, -0.2) is 0 Å². The second kappa shape index (κ2) is 6.55. The minimum Gasteiger partial charge on any atom is -0.394 e. The van der Waals surface area contributed by atoms with Crippen LogP contribution in [0.2, 0.25) is 0 Å². The quantitative estimate of drug-likeness (QED) is 0.779. The summed E-state index contributed by atoms with van der Waals surface area (Å²) in [4.78, 5) is 2.52. The van der Waals surface area contributed by atoms with E-state index in [4.69, 9.17) is 0 Å². The van der Waals surface area contributed by atoms with Gasteiger partial charge in [-0.3, -0.25) is 0 Å². The number of rotatable bonds is 6. The molecule has 0 heterocycles. The summed E-state index contributed by atoms with van der Waals surface area (Å²) in [6.07, 6.45) is 4.48. The maximum Gasteiger partial charge on any atom is 0.0613 e. The standard InChI is InChI=1S/C16H34N2O/c1-7-10-17-16(12-19)9-8-14(11-16)18(6)13(2)15(3,4)5/h13-14,17,19H,7-12H2,1-6H3. The first-order valence-electron chi connectivity index (χ1n) is 7.83. The highest BCUT2D eigenvalue weighted by atomic mass is 16.3. The Morgan fingerprint density at radius 3 is 2.53 bits per heavy atom. The third-order valence-corrected chi connectivity index (χ3v) is 5.08. The largest absolute Gasteiger partial charge is 0.394 e. The molecule has 0 saturated heterocycles. The molecule has 0 aromatic heterocycles. The number of hydrogen-bond donors (Lipinski definition) is 2. The van der Waals surface area contributed by atoms with Gasteiger partial charge in [-0.2, -0.15) is 0 Å². The van der Waals surface area contributed by atoms with Gasteiger partial charge >= 0.3 is 0 Å². The van der Waals surface area contributed by atoms with Crippen molar-refractivity contribution in [1.82, 2.24) is 10.2 Å². The molecule has 1 aliphatic carbocycles. The normalized spacial score (nSPS) is 30.0. The first kappa shape index (κ1) is 16.9. The Bertz CT molecular complexity index is 274. The van der Waals surface area contributed by atoms with Gasteiger partial charge in [0.1, 0.15) is 0 Å². The van der Waals surface area contributed by atoms with Gasteiger partial charge in [0, 0.05) is 17.6 Å². The highest BCUT2D eigenvalue weighted by molar-refractivity contribution is 5.00. The van der Waals surface area contributed by atoms with E-state index in [1.165, 1.54) is 6.42 Å². The first-order chi connectivity index (χ1) is 8.75. The molecule has 0 amide bonds. The van der Waals surface area contributed by atoms with Crippen molar-refractivity contribution in [2.24, 2.45) is 5.41 Å². The molecule has 19 heavy (non-hydrogen) atoms. The summed E-state index contributed by atoms with van der Waals surface area (Å²) in [5.41, 5.74) is 0.266. The van der Waals surface area contributed by atoms with Crippen LogP contribution in [0.5, 0.6) is 0 Å². The molecule has 114 valence electrons. The Hall–Kier alpha value is -0.120. The number of hydrogen-bond acceptors (Lipinski definition) is 3. The molecule has 3 unspecified atom stereocenters. The lowest BCUT2D eigenvalue weighted by molar-refractivity contribution is 0.0883. The lowest BCUT2D eigenvalue weighted by Gasteiger charge is -2.40. The summed E-state index contributed by atoms with van der Waals surface area (Å²) in [6, 6.07) is 1.14. The second-order valence-electron chi connectivity index (χ2n) is 7.47. The lowest BCUT2D eigenvalue weighted by atomic mass is 9.86. The molecule has 3 atom stereocenters. The van der Waals surface area contributed by atoms with Crippen LogP contribution in [0, 0.1) is 5.41 Å². The molecule has 0 aromatic carbocycles. The molecule has 1 saturated carbocycles.